The van der Waals surface area contributed by atoms with Gasteiger partial charge in [-0.05, 0) is 235 Å². The highest BCUT2D eigenvalue weighted by molar-refractivity contribution is 6.99. The second-order valence-electron chi connectivity index (χ2n) is 37.9. The minimum Gasteiger partial charge on any atom is -0.458 e. The lowest BCUT2D eigenvalue weighted by Gasteiger charge is -2.34. The molecular formula is C132H80B2N4O8. The van der Waals surface area contributed by atoms with Gasteiger partial charge in [0, 0.05) is 96.2 Å². The third-order valence-electron chi connectivity index (χ3n) is 29.6. The predicted octanol–water partition coefficient (Wildman–Crippen LogP) is 31.7. The molecule has 0 bridgehead atoms. The summed E-state index contributed by atoms with van der Waals surface area (Å²) in [6.07, 6.45) is 0. The fraction of sp³-hybridized carbons (Fsp3) is 0. The molecule has 0 N–H and O–H groups in total. The zero-order valence-corrected chi connectivity index (χ0v) is 78.4. The summed E-state index contributed by atoms with van der Waals surface area (Å²) < 4.78 is 62.1. The summed E-state index contributed by atoms with van der Waals surface area (Å²) in [5.41, 5.74) is 32.4. The van der Waals surface area contributed by atoms with E-state index in [1.165, 1.54) is 10.8 Å². The monoisotopic (exact) mass is 1870 g/mol. The Morgan fingerprint density at radius 3 is 1.02 bits per heavy atom. The number of hydrogen-bond donors (Lipinski definition) is 0. The highest BCUT2D eigenvalue weighted by atomic mass is 16.5. The third kappa shape index (κ3) is 13.3. The molecule has 22 aromatic carbocycles. The fourth-order valence-corrected chi connectivity index (χ4v) is 23.2. The van der Waals surface area contributed by atoms with Crippen molar-refractivity contribution in [2.45, 2.75) is 0 Å². The van der Waals surface area contributed by atoms with E-state index in [0.29, 0.717) is 51.7 Å². The van der Waals surface area contributed by atoms with Gasteiger partial charge in [-0.2, -0.15) is 0 Å². The van der Waals surface area contributed by atoms with Gasteiger partial charge in [0.05, 0.1) is 44.8 Å². The maximum Gasteiger partial charge on any atom is 0.260 e. The number of aromatic nitrogens is 2. The van der Waals surface area contributed by atoms with Gasteiger partial charge < -0.3 is 56.8 Å². The molecule has 14 heteroatoms. The van der Waals surface area contributed by atoms with Crippen molar-refractivity contribution in [1.29, 1.82) is 0 Å². The molecule has 0 fully saturated rings. The zero-order chi connectivity index (χ0) is 95.7. The number of nitrogens with zero attached hydrogens (tertiary/aromatic N) is 4. The first-order valence-electron chi connectivity index (χ1n) is 49.4. The van der Waals surface area contributed by atoms with Gasteiger partial charge in [0.1, 0.15) is 69.0 Å². The first-order chi connectivity index (χ1) is 72.3. The maximum atomic E-state index is 7.46. The molecular weight excluding hydrogens is 1790 g/mol. The number of hydrogen-bond acceptors (Lipinski definition) is 10. The molecule has 0 amide bonds. The smallest absolute Gasteiger partial charge is 0.260 e. The number of para-hydroxylation sites is 11. The number of rotatable bonds is 15. The van der Waals surface area contributed by atoms with Crippen molar-refractivity contribution in [3.05, 3.63) is 485 Å². The molecule has 0 saturated heterocycles. The predicted molar refractivity (Wildman–Crippen MR) is 591 cm³/mol. The normalized spacial score (nSPS) is 12.8. The molecule has 0 radical (unpaired) electrons. The van der Waals surface area contributed by atoms with Crippen LogP contribution in [0.15, 0.2) is 485 Å². The van der Waals surface area contributed by atoms with Gasteiger partial charge in [-0.25, -0.2) is 0 Å². The Bertz CT molecular complexity index is 9570. The van der Waals surface area contributed by atoms with Crippen molar-refractivity contribution in [1.82, 2.24) is 9.13 Å². The van der Waals surface area contributed by atoms with Crippen LogP contribution in [0.5, 0.6) is 92.0 Å². The zero-order valence-electron chi connectivity index (χ0n) is 78.4. The van der Waals surface area contributed by atoms with E-state index >= 15 is 0 Å². The van der Waals surface area contributed by atoms with E-state index in [4.69, 9.17) is 37.9 Å². The Hall–Kier alpha value is -19.4. The fourth-order valence-electron chi connectivity index (χ4n) is 23.2. The highest BCUT2D eigenvalue weighted by Gasteiger charge is 2.45. The molecule has 146 heavy (non-hydrogen) atoms. The lowest BCUT2D eigenvalue weighted by molar-refractivity contribution is 0.442. The van der Waals surface area contributed by atoms with E-state index in [1.807, 2.05) is 103 Å². The van der Waals surface area contributed by atoms with E-state index in [-0.39, 0.29) is 13.4 Å². The number of fused-ring (bicyclic) bond motifs is 18. The minimum absolute atomic E-state index is 0.270. The van der Waals surface area contributed by atoms with Crippen molar-refractivity contribution in [3.8, 4) is 181 Å². The average molecular weight is 1870 g/mol. The standard InChI is InChI=1S/C132H80B2N4O8/c1-6-30-81(31-7-1)96-42-18-24-52-114(96)139-94-77-124-130-125(78-94)144-119-72-84(57-65-104(119)133(130)103-64-56-83(71-118(103)143-124)85-60-68-111-122(73-85)141-116-54-26-22-49-109(116)136(111)91-37-12-4-13-38-91)86-61-69-112-123(74-86)142-117-55-27-23-50-110(117)137(112)93-41-28-34-87(70-93)100-63-62-99(129-102-45-17-21-48-108(102)138(132(100)129)92-39-14-5-15-40-92)89-59-67-106-121(76-89)146-127-80-95(140-115-53-25-19-43-97(115)82-32-8-2-9-33-82)79-126-131(127)134(106)105-66-58-88(75-120(105)145-126)98-46-29-51-113-128(98)101-44-16-20-47-107(101)135(113)90-35-10-3-11-36-90/h1-80H. The SMILES string of the molecule is c1ccc(-c2ccccc2Oc2cc3c4c(c2)Oc2cc(-c5ccc6c(c5)Oc5ccccc5N6c5cccc(-c6ccc(-c7ccc8c(c7)Oc7cc(Oc9ccccc9-c9ccccc9)cc9c7B8c7ccc(-c8cccc%10c8c8ccccc8n%10-c8ccccc8)cc7O9)c7c8ccccc8n(-c8ccccc8)c67)c5)ccc2B4c2ccc(-c4ccc5c(c4)Oc4ccccc4N5c4ccccc4)cc2O3)cc1. The molecule has 6 aliphatic heterocycles. The van der Waals surface area contributed by atoms with Crippen LogP contribution in [-0.2, 0) is 0 Å². The van der Waals surface area contributed by atoms with E-state index < -0.39 is 0 Å². The number of anilines is 6. The molecule has 0 saturated carbocycles. The van der Waals surface area contributed by atoms with Gasteiger partial charge >= 0.3 is 0 Å². The summed E-state index contributed by atoms with van der Waals surface area (Å²) in [5.74, 6) is 11.1. The Morgan fingerprint density at radius 2 is 0.514 bits per heavy atom. The molecule has 0 unspecified atom stereocenters. The lowest BCUT2D eigenvalue weighted by Crippen LogP contribution is -2.57. The van der Waals surface area contributed by atoms with Crippen LogP contribution in [0.2, 0.25) is 0 Å². The van der Waals surface area contributed by atoms with Crippen LogP contribution in [0, 0.1) is 0 Å². The minimum atomic E-state index is -0.275. The summed E-state index contributed by atoms with van der Waals surface area (Å²) in [6.45, 7) is -0.545. The van der Waals surface area contributed by atoms with E-state index in [1.54, 1.807) is 0 Å². The number of ether oxygens (including phenoxy) is 8. The van der Waals surface area contributed by atoms with Gasteiger partial charge in [-0.1, -0.05) is 309 Å². The van der Waals surface area contributed by atoms with Crippen LogP contribution >= 0.6 is 0 Å². The van der Waals surface area contributed by atoms with Crippen molar-refractivity contribution in [3.63, 3.8) is 0 Å². The Labute approximate surface area is 841 Å². The van der Waals surface area contributed by atoms with Gasteiger partial charge in [0.2, 0.25) is 0 Å². The second-order valence-corrected chi connectivity index (χ2v) is 37.9. The first kappa shape index (κ1) is 82.5. The molecule has 12 nitrogen and oxygen atoms in total. The van der Waals surface area contributed by atoms with E-state index in [2.05, 4.69) is 401 Å². The highest BCUT2D eigenvalue weighted by Crippen LogP contribution is 2.57. The van der Waals surface area contributed by atoms with Crippen LogP contribution in [0.25, 0.3) is 133 Å². The van der Waals surface area contributed by atoms with Crippen LogP contribution in [0.4, 0.5) is 34.1 Å². The van der Waals surface area contributed by atoms with E-state index in [9.17, 15) is 0 Å². The molecule has 8 heterocycles. The summed E-state index contributed by atoms with van der Waals surface area (Å²) in [6, 6.07) is 171. The van der Waals surface area contributed by atoms with Crippen LogP contribution < -0.4 is 80.5 Å². The summed E-state index contributed by atoms with van der Waals surface area (Å²) in [7, 11) is 0. The molecule has 2 aromatic heterocycles. The molecule has 6 aliphatic rings. The second kappa shape index (κ2) is 33.1. The van der Waals surface area contributed by atoms with Crippen molar-refractivity contribution >= 4 is 124 Å². The average Bonchev–Trinajstić information content (AvgIpc) is 1.41. The molecule has 0 aliphatic carbocycles. The van der Waals surface area contributed by atoms with Crippen LogP contribution in [-0.4, -0.2) is 22.6 Å². The Morgan fingerprint density at radius 1 is 0.185 bits per heavy atom. The van der Waals surface area contributed by atoms with Gasteiger partial charge in [-0.15, -0.1) is 0 Å². The van der Waals surface area contributed by atoms with Crippen molar-refractivity contribution in [2.75, 3.05) is 9.80 Å². The molecule has 0 atom stereocenters. The maximum absolute atomic E-state index is 7.46. The van der Waals surface area contributed by atoms with E-state index in [0.717, 1.165) is 229 Å². The van der Waals surface area contributed by atoms with Crippen molar-refractivity contribution in [2.24, 2.45) is 0 Å². The molecule has 24 aromatic rings. The lowest BCUT2D eigenvalue weighted by atomic mass is 9.35. The molecule has 30 rings (SSSR count). The van der Waals surface area contributed by atoms with Gasteiger partial charge in [0.15, 0.2) is 23.0 Å². The van der Waals surface area contributed by atoms with Crippen LogP contribution in [0.1, 0.15) is 0 Å². The molecule has 0 spiro atoms. The first-order valence-corrected chi connectivity index (χ1v) is 49.4. The van der Waals surface area contributed by atoms with Gasteiger partial charge in [0.25, 0.3) is 13.4 Å². The summed E-state index contributed by atoms with van der Waals surface area (Å²) in [4.78, 5) is 4.60. The summed E-state index contributed by atoms with van der Waals surface area (Å²) in [5, 5.41) is 4.57. The quantitative estimate of drug-likeness (QED) is 0.0925. The number of benzene rings is 22. The Balaban J connectivity index is 0.518. The summed E-state index contributed by atoms with van der Waals surface area (Å²) >= 11 is 0. The van der Waals surface area contributed by atoms with Crippen molar-refractivity contribution < 1.29 is 37.9 Å². The topological polar surface area (TPSA) is 90.2 Å². The third-order valence-corrected chi connectivity index (χ3v) is 29.6. The van der Waals surface area contributed by atoms with Crippen LogP contribution in [0.3, 0.4) is 0 Å². The van der Waals surface area contributed by atoms with Gasteiger partial charge in [-0.3, -0.25) is 0 Å². The Kier molecular flexibility index (Phi) is 18.7. The molecule has 682 valence electrons. The largest absolute Gasteiger partial charge is 0.458 e.